The van der Waals surface area contributed by atoms with Crippen molar-refractivity contribution in [3.63, 3.8) is 0 Å². The Bertz CT molecular complexity index is 1050. The quantitative estimate of drug-likeness (QED) is 0.636. The number of aryl methyl sites for hydroxylation is 1. The molecule has 0 saturated heterocycles. The molecule has 7 heteroatoms. The Morgan fingerprint density at radius 1 is 1.18 bits per heavy atom. The second kappa shape index (κ2) is 8.71. The molecule has 0 radical (unpaired) electrons. The number of benzene rings is 2. The Morgan fingerprint density at radius 2 is 1.93 bits per heavy atom. The average molecular weight is 398 g/mol. The first-order valence-electron chi connectivity index (χ1n) is 8.82. The Hall–Kier alpha value is -3.12. The van der Waals surface area contributed by atoms with Gasteiger partial charge in [0.2, 0.25) is 0 Å². The summed E-state index contributed by atoms with van der Waals surface area (Å²) in [4.78, 5) is 28.4. The number of carbonyl (C=O) groups is 1. The summed E-state index contributed by atoms with van der Waals surface area (Å²) in [5.74, 6) is -1.09. The number of aromatic nitrogens is 2. The smallest absolute Gasteiger partial charge is 0.323 e. The fraction of sp³-hybridized carbons (Fsp3) is 0.190. The summed E-state index contributed by atoms with van der Waals surface area (Å²) in [5, 5.41) is 12.3. The highest BCUT2D eigenvalue weighted by Gasteiger charge is 2.19. The van der Waals surface area contributed by atoms with Gasteiger partial charge in [0.15, 0.2) is 11.0 Å². The summed E-state index contributed by atoms with van der Waals surface area (Å²) in [6.45, 7) is 1.88. The zero-order chi connectivity index (χ0) is 20.1. The van der Waals surface area contributed by atoms with Gasteiger partial charge in [0.05, 0.1) is 5.69 Å². The molecular weight excluding hydrogens is 378 g/mol. The average Bonchev–Trinajstić information content (AvgIpc) is 2.66. The lowest BCUT2D eigenvalue weighted by Crippen LogP contribution is -2.30. The third kappa shape index (κ3) is 4.58. The number of carboxylic acid groups (broad SMARTS) is 1. The molecule has 144 valence electrons. The van der Waals surface area contributed by atoms with E-state index in [9.17, 15) is 14.7 Å². The summed E-state index contributed by atoms with van der Waals surface area (Å²) in [6.07, 6.45) is 0.693. The molecule has 6 nitrogen and oxygen atoms in total. The number of rotatable bonds is 7. The van der Waals surface area contributed by atoms with E-state index in [4.69, 9.17) is 11.6 Å². The minimum Gasteiger partial charge on any atom is -0.480 e. The highest BCUT2D eigenvalue weighted by molar-refractivity contribution is 6.32. The minimum atomic E-state index is -1.13. The Kier molecular flexibility index (Phi) is 6.11. The van der Waals surface area contributed by atoms with Gasteiger partial charge in [-0.1, -0.05) is 65.7 Å². The molecule has 1 aromatic heterocycles. The van der Waals surface area contributed by atoms with Gasteiger partial charge >= 0.3 is 5.97 Å². The van der Waals surface area contributed by atoms with Crippen molar-refractivity contribution in [3.05, 3.63) is 81.2 Å². The first kappa shape index (κ1) is 19.6. The van der Waals surface area contributed by atoms with Crippen LogP contribution >= 0.6 is 11.6 Å². The molecule has 3 rings (SSSR count). The van der Waals surface area contributed by atoms with Crippen molar-refractivity contribution >= 4 is 23.4 Å². The van der Waals surface area contributed by atoms with E-state index in [2.05, 4.69) is 10.3 Å². The first-order chi connectivity index (χ1) is 13.5. The number of aliphatic carboxylic acids is 1. The van der Waals surface area contributed by atoms with Gasteiger partial charge in [-0.3, -0.25) is 14.2 Å². The number of anilines is 1. The maximum absolute atomic E-state index is 12.9. The molecule has 0 fully saturated rings. The van der Waals surface area contributed by atoms with Crippen molar-refractivity contribution in [2.24, 2.45) is 0 Å². The second-order valence-corrected chi connectivity index (χ2v) is 6.77. The number of carboxylic acids is 1. The van der Waals surface area contributed by atoms with E-state index < -0.39 is 18.1 Å². The largest absolute Gasteiger partial charge is 0.480 e. The monoisotopic (exact) mass is 397 g/mol. The number of nitrogens with zero attached hydrogens (tertiary/aromatic N) is 2. The molecule has 0 amide bonds. The van der Waals surface area contributed by atoms with Crippen LogP contribution in [0.5, 0.6) is 0 Å². The summed E-state index contributed by atoms with van der Waals surface area (Å²) in [6, 6.07) is 17.2. The topological polar surface area (TPSA) is 84.2 Å². The standard InChI is InChI=1S/C21H20ClN3O3/c1-14-6-5-9-16(12-14)18-19(22)24-20(21(28)25(18)13-17(26)27)23-11-10-15-7-3-2-4-8-15/h2-9,12H,10-11,13H2,1H3,(H,23,24)(H,26,27). The van der Waals surface area contributed by atoms with Crippen molar-refractivity contribution < 1.29 is 9.90 Å². The van der Waals surface area contributed by atoms with Crippen LogP contribution in [0, 0.1) is 6.92 Å². The van der Waals surface area contributed by atoms with Gasteiger partial charge in [0.25, 0.3) is 5.56 Å². The molecule has 3 aromatic rings. The zero-order valence-corrected chi connectivity index (χ0v) is 16.1. The molecule has 0 bridgehead atoms. The van der Waals surface area contributed by atoms with Crippen LogP contribution in [0.1, 0.15) is 11.1 Å². The van der Waals surface area contributed by atoms with E-state index in [1.54, 1.807) is 6.07 Å². The predicted molar refractivity (Wildman–Crippen MR) is 110 cm³/mol. The molecule has 0 aliphatic rings. The number of halogens is 1. The molecule has 28 heavy (non-hydrogen) atoms. The van der Waals surface area contributed by atoms with Crippen LogP contribution in [0.2, 0.25) is 5.15 Å². The highest BCUT2D eigenvalue weighted by Crippen LogP contribution is 2.27. The van der Waals surface area contributed by atoms with Gasteiger partial charge in [-0.15, -0.1) is 0 Å². The van der Waals surface area contributed by atoms with E-state index in [1.807, 2.05) is 55.5 Å². The molecule has 0 atom stereocenters. The van der Waals surface area contributed by atoms with Gasteiger partial charge in [-0.2, -0.15) is 0 Å². The molecule has 1 heterocycles. The van der Waals surface area contributed by atoms with Crippen molar-refractivity contribution in [1.82, 2.24) is 9.55 Å². The van der Waals surface area contributed by atoms with E-state index in [1.165, 1.54) is 0 Å². The van der Waals surface area contributed by atoms with Gasteiger partial charge < -0.3 is 10.4 Å². The van der Waals surface area contributed by atoms with Crippen LogP contribution < -0.4 is 10.9 Å². The van der Waals surface area contributed by atoms with Crippen LogP contribution in [0.25, 0.3) is 11.3 Å². The van der Waals surface area contributed by atoms with Crippen LogP contribution in [-0.2, 0) is 17.8 Å². The predicted octanol–water partition coefficient (Wildman–Crippen LogP) is 3.61. The lowest BCUT2D eigenvalue weighted by molar-refractivity contribution is -0.137. The van der Waals surface area contributed by atoms with Gasteiger partial charge in [0, 0.05) is 12.1 Å². The van der Waals surface area contributed by atoms with Crippen molar-refractivity contribution in [2.45, 2.75) is 19.9 Å². The van der Waals surface area contributed by atoms with Crippen LogP contribution in [0.15, 0.2) is 59.4 Å². The van der Waals surface area contributed by atoms with Gasteiger partial charge in [-0.05, 0) is 25.0 Å². The summed E-state index contributed by atoms with van der Waals surface area (Å²) >= 11 is 6.37. The van der Waals surface area contributed by atoms with E-state index in [-0.39, 0.29) is 11.0 Å². The van der Waals surface area contributed by atoms with E-state index >= 15 is 0 Å². The Morgan fingerprint density at radius 3 is 2.61 bits per heavy atom. The number of nitrogens with one attached hydrogen (secondary N) is 1. The van der Waals surface area contributed by atoms with Crippen molar-refractivity contribution in [1.29, 1.82) is 0 Å². The SMILES string of the molecule is Cc1cccc(-c2c(Cl)nc(NCCc3ccccc3)c(=O)n2CC(=O)O)c1. The Balaban J connectivity index is 1.95. The summed E-state index contributed by atoms with van der Waals surface area (Å²) in [5.41, 5.74) is 2.51. The van der Waals surface area contributed by atoms with E-state index in [0.29, 0.717) is 24.2 Å². The van der Waals surface area contributed by atoms with Gasteiger partial charge in [-0.25, -0.2) is 4.98 Å². The lowest BCUT2D eigenvalue weighted by atomic mass is 10.1. The third-order valence-electron chi connectivity index (χ3n) is 4.26. The molecule has 0 aliphatic carbocycles. The fourth-order valence-corrected chi connectivity index (χ4v) is 3.27. The minimum absolute atomic E-state index is 0.0404. The van der Waals surface area contributed by atoms with Crippen molar-refractivity contribution in [2.75, 3.05) is 11.9 Å². The molecule has 0 aliphatic heterocycles. The summed E-state index contributed by atoms with van der Waals surface area (Å²) < 4.78 is 1.15. The Labute approximate surface area is 167 Å². The second-order valence-electron chi connectivity index (χ2n) is 6.42. The maximum atomic E-state index is 12.9. The molecular formula is C21H20ClN3O3. The normalized spacial score (nSPS) is 10.6. The van der Waals surface area contributed by atoms with Gasteiger partial charge in [0.1, 0.15) is 6.54 Å². The highest BCUT2D eigenvalue weighted by atomic mass is 35.5. The van der Waals surface area contributed by atoms with E-state index in [0.717, 1.165) is 15.7 Å². The maximum Gasteiger partial charge on any atom is 0.323 e. The first-order valence-corrected chi connectivity index (χ1v) is 9.20. The molecule has 2 aromatic carbocycles. The van der Waals surface area contributed by atoms with Crippen molar-refractivity contribution in [3.8, 4) is 11.3 Å². The fourth-order valence-electron chi connectivity index (χ4n) is 2.98. The number of hydrogen-bond acceptors (Lipinski definition) is 4. The third-order valence-corrected chi connectivity index (χ3v) is 4.52. The summed E-state index contributed by atoms with van der Waals surface area (Å²) in [7, 11) is 0. The van der Waals surface area contributed by atoms with Crippen LogP contribution in [0.3, 0.4) is 0 Å². The van der Waals surface area contributed by atoms with Crippen LogP contribution in [0.4, 0.5) is 5.82 Å². The number of hydrogen-bond donors (Lipinski definition) is 2. The lowest BCUT2D eigenvalue weighted by Gasteiger charge is -2.15. The zero-order valence-electron chi connectivity index (χ0n) is 15.4. The molecule has 0 spiro atoms. The molecule has 0 unspecified atom stereocenters. The van der Waals surface area contributed by atoms with Crippen LogP contribution in [-0.4, -0.2) is 27.2 Å². The molecule has 2 N–H and O–H groups in total. The molecule has 0 saturated carbocycles.